The second kappa shape index (κ2) is 2.76. The number of aliphatic hydroxyl groups is 1. The average molecular weight is 142 g/mol. The van der Waals surface area contributed by atoms with Gasteiger partial charge in [-0.25, -0.2) is 0 Å². The molecule has 0 amide bonds. The Balaban J connectivity index is 2.74. The minimum absolute atomic E-state index is 0.0985. The van der Waals surface area contributed by atoms with Crippen molar-refractivity contribution in [3.05, 3.63) is 11.9 Å². The largest absolute Gasteiger partial charge is 0.394 e. The maximum Gasteiger partial charge on any atom is 0.102 e. The summed E-state index contributed by atoms with van der Waals surface area (Å²) < 4.78 is 1.55. The third-order valence-electron chi connectivity index (χ3n) is 1.20. The second-order valence-corrected chi connectivity index (χ2v) is 2.11. The van der Waals surface area contributed by atoms with Crippen LogP contribution in [-0.4, -0.2) is 26.7 Å². The van der Waals surface area contributed by atoms with E-state index < -0.39 is 6.04 Å². The van der Waals surface area contributed by atoms with Crippen molar-refractivity contribution in [2.75, 3.05) is 6.61 Å². The Kier molecular flexibility index (Phi) is 1.98. The molecule has 0 fully saturated rings. The first-order valence-electron chi connectivity index (χ1n) is 2.96. The molecular weight excluding hydrogens is 132 g/mol. The van der Waals surface area contributed by atoms with Crippen LogP contribution in [0.1, 0.15) is 11.7 Å². The molecule has 1 rings (SSSR count). The number of hydrogen-bond donors (Lipinski definition) is 2. The summed E-state index contributed by atoms with van der Waals surface area (Å²) in [7, 11) is 1.75. The molecule has 0 unspecified atom stereocenters. The zero-order valence-electron chi connectivity index (χ0n) is 5.73. The lowest BCUT2D eigenvalue weighted by molar-refractivity contribution is 0.266. The Morgan fingerprint density at radius 3 is 3.00 bits per heavy atom. The molecule has 3 N–H and O–H groups in total. The third kappa shape index (κ3) is 1.31. The van der Waals surface area contributed by atoms with Gasteiger partial charge < -0.3 is 10.8 Å². The molecule has 0 aliphatic rings. The van der Waals surface area contributed by atoms with Crippen molar-refractivity contribution in [3.8, 4) is 0 Å². The van der Waals surface area contributed by atoms with Crippen LogP contribution in [0.4, 0.5) is 0 Å². The number of hydrogen-bond acceptors (Lipinski definition) is 4. The summed E-state index contributed by atoms with van der Waals surface area (Å²) in [5.41, 5.74) is 6.06. The quantitative estimate of drug-likeness (QED) is 0.544. The van der Waals surface area contributed by atoms with Crippen molar-refractivity contribution < 1.29 is 5.11 Å². The smallest absolute Gasteiger partial charge is 0.102 e. The number of aliphatic hydroxyl groups excluding tert-OH is 1. The molecule has 0 aliphatic carbocycles. The van der Waals surface area contributed by atoms with E-state index in [-0.39, 0.29) is 6.61 Å². The highest BCUT2D eigenvalue weighted by atomic mass is 16.3. The van der Waals surface area contributed by atoms with Crippen LogP contribution in [0.5, 0.6) is 0 Å². The molecule has 1 atom stereocenters. The molecular formula is C5H10N4O. The summed E-state index contributed by atoms with van der Waals surface area (Å²) in [5, 5.41) is 16.0. The molecule has 0 bridgehead atoms. The van der Waals surface area contributed by atoms with E-state index in [4.69, 9.17) is 10.8 Å². The van der Waals surface area contributed by atoms with Crippen molar-refractivity contribution in [2.24, 2.45) is 12.8 Å². The van der Waals surface area contributed by atoms with Crippen LogP contribution in [0.15, 0.2) is 6.20 Å². The lowest BCUT2D eigenvalue weighted by atomic mass is 10.2. The fourth-order valence-corrected chi connectivity index (χ4v) is 0.629. The highest BCUT2D eigenvalue weighted by Crippen LogP contribution is 2.02. The maximum absolute atomic E-state index is 8.60. The van der Waals surface area contributed by atoms with Crippen LogP contribution < -0.4 is 5.73 Å². The molecule has 0 saturated heterocycles. The number of rotatable bonds is 2. The fourth-order valence-electron chi connectivity index (χ4n) is 0.629. The molecule has 1 aromatic rings. The Bertz CT molecular complexity index is 209. The van der Waals surface area contributed by atoms with E-state index in [9.17, 15) is 0 Å². The first-order valence-corrected chi connectivity index (χ1v) is 2.96. The summed E-state index contributed by atoms with van der Waals surface area (Å²) in [6.45, 7) is -0.0985. The van der Waals surface area contributed by atoms with E-state index in [1.807, 2.05) is 0 Å². The number of nitrogens with two attached hydrogens (primary N) is 1. The average Bonchev–Trinajstić information content (AvgIpc) is 2.34. The molecule has 0 aliphatic heterocycles. The van der Waals surface area contributed by atoms with E-state index in [1.165, 1.54) is 0 Å². The van der Waals surface area contributed by atoms with E-state index in [0.29, 0.717) is 5.69 Å². The third-order valence-corrected chi connectivity index (χ3v) is 1.20. The first-order chi connectivity index (χ1) is 4.74. The molecule has 5 heteroatoms. The molecule has 10 heavy (non-hydrogen) atoms. The zero-order chi connectivity index (χ0) is 7.56. The highest BCUT2D eigenvalue weighted by Gasteiger charge is 2.06. The van der Waals surface area contributed by atoms with E-state index in [1.54, 1.807) is 17.9 Å². The molecule has 56 valence electrons. The van der Waals surface area contributed by atoms with Gasteiger partial charge in [0.25, 0.3) is 0 Å². The lowest BCUT2D eigenvalue weighted by Gasteiger charge is -1.99. The van der Waals surface area contributed by atoms with Crippen molar-refractivity contribution in [1.82, 2.24) is 15.0 Å². The summed E-state index contributed by atoms with van der Waals surface area (Å²) in [6.07, 6.45) is 1.68. The van der Waals surface area contributed by atoms with Gasteiger partial charge in [0.1, 0.15) is 5.69 Å². The summed E-state index contributed by atoms with van der Waals surface area (Å²) >= 11 is 0. The van der Waals surface area contributed by atoms with Gasteiger partial charge in [0.05, 0.1) is 12.6 Å². The minimum Gasteiger partial charge on any atom is -0.394 e. The zero-order valence-corrected chi connectivity index (χ0v) is 5.73. The van der Waals surface area contributed by atoms with Crippen LogP contribution in [0.25, 0.3) is 0 Å². The van der Waals surface area contributed by atoms with Gasteiger partial charge in [-0.3, -0.25) is 4.68 Å². The topological polar surface area (TPSA) is 77.0 Å². The maximum atomic E-state index is 8.60. The van der Waals surface area contributed by atoms with E-state index in [2.05, 4.69) is 10.3 Å². The van der Waals surface area contributed by atoms with Crippen LogP contribution in [-0.2, 0) is 7.05 Å². The summed E-state index contributed by atoms with van der Waals surface area (Å²) in [5.74, 6) is 0. The molecule has 0 spiro atoms. The predicted octanol–water partition coefficient (Wildman–Crippen LogP) is -1.19. The summed E-state index contributed by atoms with van der Waals surface area (Å²) in [6, 6.07) is -0.409. The standard InChI is InChI=1S/C5H10N4O/c1-9-2-5(7-8-9)4(6)3-10/h2,4,10H,3,6H2,1H3/t4-/m0/s1. The Morgan fingerprint density at radius 1 is 1.90 bits per heavy atom. The SMILES string of the molecule is Cn1cc([C@@H](N)CO)nn1. The molecule has 0 aromatic carbocycles. The van der Waals surface area contributed by atoms with E-state index in [0.717, 1.165) is 0 Å². The highest BCUT2D eigenvalue weighted by molar-refractivity contribution is 4.98. The number of aryl methyl sites for hydroxylation is 1. The fraction of sp³-hybridized carbons (Fsp3) is 0.600. The summed E-state index contributed by atoms with van der Waals surface area (Å²) in [4.78, 5) is 0. The van der Waals surface area contributed by atoms with Gasteiger partial charge in [-0.2, -0.15) is 0 Å². The van der Waals surface area contributed by atoms with Crippen molar-refractivity contribution in [3.63, 3.8) is 0 Å². The first kappa shape index (κ1) is 7.17. The Labute approximate surface area is 58.5 Å². The van der Waals surface area contributed by atoms with E-state index >= 15 is 0 Å². The van der Waals surface area contributed by atoms with Crippen LogP contribution in [0.2, 0.25) is 0 Å². The van der Waals surface area contributed by atoms with Crippen LogP contribution in [0.3, 0.4) is 0 Å². The van der Waals surface area contributed by atoms with Crippen LogP contribution in [0, 0.1) is 0 Å². The minimum atomic E-state index is -0.409. The lowest BCUT2D eigenvalue weighted by Crippen LogP contribution is -2.14. The van der Waals surface area contributed by atoms with Crippen molar-refractivity contribution in [1.29, 1.82) is 0 Å². The molecule has 5 nitrogen and oxygen atoms in total. The van der Waals surface area contributed by atoms with Crippen molar-refractivity contribution >= 4 is 0 Å². The Hall–Kier alpha value is -0.940. The normalized spacial score (nSPS) is 13.5. The predicted molar refractivity (Wildman–Crippen MR) is 35.0 cm³/mol. The molecule has 0 saturated carbocycles. The van der Waals surface area contributed by atoms with Gasteiger partial charge in [0.15, 0.2) is 0 Å². The van der Waals surface area contributed by atoms with Crippen LogP contribution >= 0.6 is 0 Å². The van der Waals surface area contributed by atoms with Gasteiger partial charge in [0.2, 0.25) is 0 Å². The molecule has 1 aromatic heterocycles. The van der Waals surface area contributed by atoms with Gasteiger partial charge in [-0.15, -0.1) is 5.10 Å². The number of nitrogens with zero attached hydrogens (tertiary/aromatic N) is 3. The monoisotopic (exact) mass is 142 g/mol. The van der Waals surface area contributed by atoms with Gasteiger partial charge in [-0.05, 0) is 0 Å². The van der Waals surface area contributed by atoms with Crippen molar-refractivity contribution in [2.45, 2.75) is 6.04 Å². The Morgan fingerprint density at radius 2 is 2.60 bits per heavy atom. The molecule has 0 radical (unpaired) electrons. The van der Waals surface area contributed by atoms with Gasteiger partial charge in [-0.1, -0.05) is 5.21 Å². The second-order valence-electron chi connectivity index (χ2n) is 2.11. The number of aromatic nitrogens is 3. The van der Waals surface area contributed by atoms with Gasteiger partial charge >= 0.3 is 0 Å². The molecule has 1 heterocycles. The van der Waals surface area contributed by atoms with Gasteiger partial charge in [0, 0.05) is 13.2 Å².